The van der Waals surface area contributed by atoms with Crippen molar-refractivity contribution in [2.45, 2.75) is 11.3 Å². The summed E-state index contributed by atoms with van der Waals surface area (Å²) in [5, 5.41) is 4.57. The van der Waals surface area contributed by atoms with Crippen molar-refractivity contribution in [2.75, 3.05) is 24.2 Å². The number of anilines is 1. The van der Waals surface area contributed by atoms with E-state index in [-0.39, 0.29) is 12.1 Å². The van der Waals surface area contributed by atoms with Crippen LogP contribution in [0.15, 0.2) is 53.4 Å². The standard InChI is InChI=1S/C19H18F2N2O4S/c20-15-7-6-13(10-16(15)21)23-17(24)11-22-18(25)12-27-19(26)8-9-28-14-4-2-1-3-5-14/h1-7,10H,8-9,11-12H2,(H,22,25)(H,23,24). The van der Waals surface area contributed by atoms with Crippen molar-refractivity contribution in [1.29, 1.82) is 0 Å². The van der Waals surface area contributed by atoms with Gasteiger partial charge < -0.3 is 15.4 Å². The van der Waals surface area contributed by atoms with Crippen molar-refractivity contribution in [3.63, 3.8) is 0 Å². The van der Waals surface area contributed by atoms with Crippen molar-refractivity contribution in [3.05, 3.63) is 60.2 Å². The van der Waals surface area contributed by atoms with Gasteiger partial charge in [-0.1, -0.05) is 18.2 Å². The Balaban J connectivity index is 1.60. The van der Waals surface area contributed by atoms with Gasteiger partial charge in [0.1, 0.15) is 0 Å². The fourth-order valence-corrected chi connectivity index (χ4v) is 2.85. The second-order valence-electron chi connectivity index (χ2n) is 5.53. The number of hydrogen-bond donors (Lipinski definition) is 2. The molecule has 9 heteroatoms. The Labute approximate surface area is 164 Å². The third-order valence-electron chi connectivity index (χ3n) is 3.33. The van der Waals surface area contributed by atoms with Crippen molar-refractivity contribution in [1.82, 2.24) is 5.32 Å². The lowest BCUT2D eigenvalue weighted by Crippen LogP contribution is -2.35. The maximum Gasteiger partial charge on any atom is 0.307 e. The van der Waals surface area contributed by atoms with Crippen LogP contribution in [-0.4, -0.2) is 36.7 Å². The van der Waals surface area contributed by atoms with Gasteiger partial charge in [0.15, 0.2) is 18.2 Å². The Morgan fingerprint density at radius 1 is 0.964 bits per heavy atom. The first kappa shape index (κ1) is 21.4. The average molecular weight is 408 g/mol. The Bertz CT molecular complexity index is 834. The van der Waals surface area contributed by atoms with Gasteiger partial charge in [0, 0.05) is 22.4 Å². The van der Waals surface area contributed by atoms with Gasteiger partial charge in [-0.05, 0) is 24.3 Å². The number of benzene rings is 2. The predicted molar refractivity (Wildman–Crippen MR) is 101 cm³/mol. The van der Waals surface area contributed by atoms with Gasteiger partial charge in [-0.3, -0.25) is 14.4 Å². The molecule has 0 aliphatic carbocycles. The molecule has 0 fully saturated rings. The van der Waals surface area contributed by atoms with Gasteiger partial charge in [0.25, 0.3) is 5.91 Å². The van der Waals surface area contributed by atoms with E-state index in [1.165, 1.54) is 17.8 Å². The number of hydrogen-bond acceptors (Lipinski definition) is 5. The summed E-state index contributed by atoms with van der Waals surface area (Å²) in [4.78, 5) is 35.9. The molecule has 2 aromatic carbocycles. The lowest BCUT2D eigenvalue weighted by atomic mass is 10.3. The molecule has 28 heavy (non-hydrogen) atoms. The van der Waals surface area contributed by atoms with E-state index in [1.54, 1.807) is 0 Å². The molecule has 0 atom stereocenters. The average Bonchev–Trinajstić information content (AvgIpc) is 2.68. The summed E-state index contributed by atoms with van der Waals surface area (Å²) in [5.74, 6) is -3.42. The van der Waals surface area contributed by atoms with Crippen molar-refractivity contribution in [2.24, 2.45) is 0 Å². The smallest absolute Gasteiger partial charge is 0.307 e. The van der Waals surface area contributed by atoms with Gasteiger partial charge in [0.2, 0.25) is 5.91 Å². The number of esters is 1. The summed E-state index contributed by atoms with van der Waals surface area (Å²) in [6.07, 6.45) is 0.142. The fourth-order valence-electron chi connectivity index (χ4n) is 2.00. The van der Waals surface area contributed by atoms with E-state index >= 15 is 0 Å². The summed E-state index contributed by atoms with van der Waals surface area (Å²) < 4.78 is 30.7. The van der Waals surface area contributed by atoms with Crippen LogP contribution < -0.4 is 10.6 Å². The molecule has 0 heterocycles. The first-order chi connectivity index (χ1) is 13.4. The van der Waals surface area contributed by atoms with E-state index in [1.807, 2.05) is 30.3 Å². The lowest BCUT2D eigenvalue weighted by molar-refractivity contribution is -0.148. The van der Waals surface area contributed by atoms with Crippen molar-refractivity contribution >= 4 is 35.2 Å². The number of nitrogens with one attached hydrogen (secondary N) is 2. The highest BCUT2D eigenvalue weighted by Crippen LogP contribution is 2.17. The SMILES string of the molecule is O=C(COC(=O)CCSc1ccccc1)NCC(=O)Nc1ccc(F)c(F)c1. The number of rotatable bonds is 9. The first-order valence-corrected chi connectivity index (χ1v) is 9.27. The highest BCUT2D eigenvalue weighted by molar-refractivity contribution is 7.99. The number of carbonyl (C=O) groups is 3. The first-order valence-electron chi connectivity index (χ1n) is 8.29. The largest absolute Gasteiger partial charge is 0.456 e. The Morgan fingerprint density at radius 3 is 2.43 bits per heavy atom. The zero-order valence-electron chi connectivity index (χ0n) is 14.7. The minimum atomic E-state index is -1.10. The molecule has 2 rings (SSSR count). The van der Waals surface area contributed by atoms with Crippen LogP contribution in [0, 0.1) is 11.6 Å². The predicted octanol–water partition coefficient (Wildman–Crippen LogP) is 2.75. The van der Waals surface area contributed by atoms with Crippen LogP contribution in [0.25, 0.3) is 0 Å². The number of thioether (sulfide) groups is 1. The lowest BCUT2D eigenvalue weighted by Gasteiger charge is -2.08. The fraction of sp³-hybridized carbons (Fsp3) is 0.211. The molecular formula is C19H18F2N2O4S. The molecule has 6 nitrogen and oxygen atoms in total. The summed E-state index contributed by atoms with van der Waals surface area (Å²) in [6.45, 7) is -0.910. The molecule has 2 N–H and O–H groups in total. The summed E-state index contributed by atoms with van der Waals surface area (Å²) in [5.41, 5.74) is 0.0560. The molecule has 148 valence electrons. The zero-order valence-corrected chi connectivity index (χ0v) is 15.6. The van der Waals surface area contributed by atoms with Crippen LogP contribution in [0.5, 0.6) is 0 Å². The van der Waals surface area contributed by atoms with Crippen molar-refractivity contribution < 1.29 is 27.9 Å². The molecule has 0 aromatic heterocycles. The Morgan fingerprint density at radius 2 is 1.71 bits per heavy atom. The topological polar surface area (TPSA) is 84.5 Å². The van der Waals surface area contributed by atoms with Crippen LogP contribution in [-0.2, 0) is 19.1 Å². The zero-order chi connectivity index (χ0) is 20.4. The van der Waals surface area contributed by atoms with Gasteiger partial charge in [-0.2, -0.15) is 0 Å². The summed E-state index contributed by atoms with van der Waals surface area (Å²) >= 11 is 1.50. The molecule has 0 aliphatic rings. The van der Waals surface area contributed by atoms with Crippen LogP contribution in [0.2, 0.25) is 0 Å². The number of halogens is 2. The molecule has 2 aromatic rings. The van der Waals surface area contributed by atoms with Crippen molar-refractivity contribution in [3.8, 4) is 0 Å². The van der Waals surface area contributed by atoms with E-state index < -0.39 is 42.6 Å². The Kier molecular flexibility index (Phi) is 8.41. The van der Waals surface area contributed by atoms with E-state index in [2.05, 4.69) is 10.6 Å². The highest BCUT2D eigenvalue weighted by Gasteiger charge is 2.10. The quantitative estimate of drug-likeness (QED) is 0.492. The van der Waals surface area contributed by atoms with E-state index in [4.69, 9.17) is 4.74 Å². The van der Waals surface area contributed by atoms with Crippen LogP contribution in [0.1, 0.15) is 6.42 Å². The van der Waals surface area contributed by atoms with Gasteiger partial charge in [-0.25, -0.2) is 8.78 Å². The van der Waals surface area contributed by atoms with Crippen LogP contribution in [0.3, 0.4) is 0 Å². The molecule has 0 radical (unpaired) electrons. The monoisotopic (exact) mass is 408 g/mol. The van der Waals surface area contributed by atoms with Gasteiger partial charge in [-0.15, -0.1) is 11.8 Å². The number of carbonyl (C=O) groups excluding carboxylic acids is 3. The van der Waals surface area contributed by atoms with Crippen LogP contribution >= 0.6 is 11.8 Å². The minimum Gasteiger partial charge on any atom is -0.456 e. The number of amides is 2. The minimum absolute atomic E-state index is 0.0560. The second kappa shape index (κ2) is 11.0. The van der Waals surface area contributed by atoms with E-state index in [0.717, 1.165) is 17.0 Å². The van der Waals surface area contributed by atoms with Gasteiger partial charge >= 0.3 is 5.97 Å². The Hall–Kier alpha value is -2.94. The van der Waals surface area contributed by atoms with E-state index in [9.17, 15) is 23.2 Å². The molecule has 0 aliphatic heterocycles. The summed E-state index contributed by atoms with van der Waals surface area (Å²) in [7, 11) is 0. The maximum absolute atomic E-state index is 13.1. The molecule has 2 amide bonds. The molecule has 0 saturated carbocycles. The normalized spacial score (nSPS) is 10.2. The molecule has 0 bridgehead atoms. The molecule has 0 unspecified atom stereocenters. The summed E-state index contributed by atoms with van der Waals surface area (Å²) in [6, 6.07) is 12.4. The molecule has 0 spiro atoms. The highest BCUT2D eigenvalue weighted by atomic mass is 32.2. The molecular weight excluding hydrogens is 390 g/mol. The third-order valence-corrected chi connectivity index (χ3v) is 4.35. The second-order valence-corrected chi connectivity index (χ2v) is 6.69. The van der Waals surface area contributed by atoms with E-state index in [0.29, 0.717) is 5.75 Å². The maximum atomic E-state index is 13.1. The van der Waals surface area contributed by atoms with Crippen LogP contribution in [0.4, 0.5) is 14.5 Å². The molecule has 0 saturated heterocycles. The number of ether oxygens (including phenoxy) is 1. The third kappa shape index (κ3) is 7.75. The van der Waals surface area contributed by atoms with Gasteiger partial charge in [0.05, 0.1) is 13.0 Å².